The van der Waals surface area contributed by atoms with Gasteiger partial charge in [-0.1, -0.05) is 6.07 Å². The van der Waals surface area contributed by atoms with Crippen molar-refractivity contribution in [2.45, 2.75) is 13.1 Å². The molecule has 0 unspecified atom stereocenters. The van der Waals surface area contributed by atoms with E-state index in [2.05, 4.69) is 20.3 Å². The van der Waals surface area contributed by atoms with Gasteiger partial charge < -0.3 is 29.3 Å². The van der Waals surface area contributed by atoms with Crippen LogP contribution < -0.4 is 24.4 Å². The minimum atomic E-state index is -4.48. The molecule has 2 heterocycles. The van der Waals surface area contributed by atoms with Gasteiger partial charge in [0.05, 0.1) is 26.4 Å². The molecule has 0 spiro atoms. The molecule has 1 amide bonds. The first-order chi connectivity index (χ1) is 18.2. The summed E-state index contributed by atoms with van der Waals surface area (Å²) in [4.78, 5) is 29.5. The Labute approximate surface area is 217 Å². The summed E-state index contributed by atoms with van der Waals surface area (Å²) in [6, 6.07) is 9.78. The van der Waals surface area contributed by atoms with Gasteiger partial charge in [-0.05, 0) is 43.3 Å². The van der Waals surface area contributed by atoms with Crippen molar-refractivity contribution >= 4 is 23.5 Å². The van der Waals surface area contributed by atoms with Crippen molar-refractivity contribution < 1.29 is 32.2 Å². The van der Waals surface area contributed by atoms with E-state index in [0.717, 1.165) is 12.1 Å². The number of nitrogens with zero attached hydrogens (tertiary/aromatic N) is 5. The maximum atomic E-state index is 13.1. The van der Waals surface area contributed by atoms with Gasteiger partial charge >= 0.3 is 12.2 Å². The quantitative estimate of drug-likeness (QED) is 0.461. The Morgan fingerprint density at radius 3 is 2.37 bits per heavy atom. The topological polar surface area (TPSA) is 102 Å². The predicted octanol–water partition coefficient (Wildman–Crippen LogP) is 4.01. The Morgan fingerprint density at radius 1 is 0.974 bits per heavy atom. The molecular formula is C25H27F3N6O4. The van der Waals surface area contributed by atoms with E-state index in [1.165, 1.54) is 26.4 Å². The second kappa shape index (κ2) is 11.4. The number of ether oxygens (including phenoxy) is 3. The first-order valence-corrected chi connectivity index (χ1v) is 11.8. The highest BCUT2D eigenvalue weighted by atomic mass is 19.4. The van der Waals surface area contributed by atoms with Crippen LogP contribution in [-0.2, 0) is 6.18 Å². The SMILES string of the molecule is CCOc1nc(Nc2cccc(C(F)(F)F)c2)nc(N2CCN(C(=O)c3ccc(OC)c(OC)c3)CC2)n1. The van der Waals surface area contributed by atoms with E-state index in [9.17, 15) is 18.0 Å². The zero-order chi connectivity index (χ0) is 27.3. The van der Waals surface area contributed by atoms with E-state index >= 15 is 0 Å². The van der Waals surface area contributed by atoms with E-state index in [-0.39, 0.29) is 29.5 Å². The van der Waals surface area contributed by atoms with Crippen molar-refractivity contribution in [3.8, 4) is 17.5 Å². The normalized spacial score (nSPS) is 13.7. The van der Waals surface area contributed by atoms with E-state index in [1.54, 1.807) is 30.0 Å². The molecule has 0 radical (unpaired) electrons. The summed E-state index contributed by atoms with van der Waals surface area (Å²) in [6.45, 7) is 3.72. The van der Waals surface area contributed by atoms with Gasteiger partial charge in [0.15, 0.2) is 11.5 Å². The van der Waals surface area contributed by atoms with Gasteiger partial charge in [-0.25, -0.2) is 0 Å². The molecule has 202 valence electrons. The van der Waals surface area contributed by atoms with Crippen molar-refractivity contribution in [3.05, 3.63) is 53.6 Å². The zero-order valence-electron chi connectivity index (χ0n) is 21.1. The second-order valence-corrected chi connectivity index (χ2v) is 8.23. The average Bonchev–Trinajstić information content (AvgIpc) is 2.92. The minimum Gasteiger partial charge on any atom is -0.493 e. The van der Waals surface area contributed by atoms with Gasteiger partial charge in [-0.2, -0.15) is 28.1 Å². The number of halogens is 3. The highest BCUT2D eigenvalue weighted by Crippen LogP contribution is 2.32. The molecule has 2 aromatic carbocycles. The number of aromatic nitrogens is 3. The Balaban J connectivity index is 1.48. The monoisotopic (exact) mass is 532 g/mol. The van der Waals surface area contributed by atoms with E-state index in [0.29, 0.717) is 49.8 Å². The average molecular weight is 533 g/mol. The minimum absolute atomic E-state index is 0.0378. The Hall–Kier alpha value is -4.29. The van der Waals surface area contributed by atoms with Crippen molar-refractivity contribution in [1.29, 1.82) is 0 Å². The lowest BCUT2D eigenvalue weighted by molar-refractivity contribution is -0.137. The van der Waals surface area contributed by atoms with Gasteiger partial charge in [-0.15, -0.1) is 0 Å². The summed E-state index contributed by atoms with van der Waals surface area (Å²) >= 11 is 0. The molecule has 1 aromatic heterocycles. The molecule has 38 heavy (non-hydrogen) atoms. The Kier molecular flexibility index (Phi) is 8.03. The van der Waals surface area contributed by atoms with Crippen LogP contribution in [0.25, 0.3) is 0 Å². The number of anilines is 3. The van der Waals surface area contributed by atoms with Crippen LogP contribution in [0.1, 0.15) is 22.8 Å². The third-order valence-corrected chi connectivity index (χ3v) is 5.80. The van der Waals surface area contributed by atoms with Gasteiger partial charge in [0, 0.05) is 37.4 Å². The number of alkyl halides is 3. The van der Waals surface area contributed by atoms with Crippen LogP contribution in [0.4, 0.5) is 30.8 Å². The van der Waals surface area contributed by atoms with Crippen LogP contribution >= 0.6 is 0 Å². The molecule has 13 heteroatoms. The highest BCUT2D eigenvalue weighted by molar-refractivity contribution is 5.95. The molecule has 0 aliphatic carbocycles. The maximum absolute atomic E-state index is 13.1. The molecule has 0 bridgehead atoms. The molecule has 4 rings (SSSR count). The summed E-state index contributed by atoms with van der Waals surface area (Å²) in [5.41, 5.74) is -0.149. The lowest BCUT2D eigenvalue weighted by Crippen LogP contribution is -2.49. The van der Waals surface area contributed by atoms with Crippen LogP contribution in [-0.4, -0.2) is 72.8 Å². The van der Waals surface area contributed by atoms with E-state index < -0.39 is 11.7 Å². The van der Waals surface area contributed by atoms with Crippen LogP contribution in [0, 0.1) is 0 Å². The molecule has 10 nitrogen and oxygen atoms in total. The predicted molar refractivity (Wildman–Crippen MR) is 133 cm³/mol. The summed E-state index contributed by atoms with van der Waals surface area (Å²) in [5.74, 6) is 1.18. The molecule has 0 atom stereocenters. The molecule has 1 aliphatic rings. The van der Waals surface area contributed by atoms with Crippen LogP contribution in [0.15, 0.2) is 42.5 Å². The Bertz CT molecular complexity index is 1280. The summed E-state index contributed by atoms with van der Waals surface area (Å²) in [7, 11) is 3.03. The van der Waals surface area contributed by atoms with Crippen molar-refractivity contribution in [1.82, 2.24) is 19.9 Å². The maximum Gasteiger partial charge on any atom is 0.416 e. The third-order valence-electron chi connectivity index (χ3n) is 5.80. The van der Waals surface area contributed by atoms with Crippen molar-refractivity contribution in [3.63, 3.8) is 0 Å². The number of carbonyl (C=O) groups excluding carboxylic acids is 1. The third kappa shape index (κ3) is 6.15. The number of methoxy groups -OCH3 is 2. The van der Waals surface area contributed by atoms with E-state index in [4.69, 9.17) is 14.2 Å². The molecular weight excluding hydrogens is 505 g/mol. The fourth-order valence-electron chi connectivity index (χ4n) is 3.90. The van der Waals surface area contributed by atoms with Crippen molar-refractivity contribution in [2.24, 2.45) is 0 Å². The van der Waals surface area contributed by atoms with Crippen LogP contribution in [0.2, 0.25) is 0 Å². The molecule has 3 aromatic rings. The number of benzene rings is 2. The molecule has 1 fully saturated rings. The number of hydrogen-bond acceptors (Lipinski definition) is 9. The fraction of sp³-hybridized carbons (Fsp3) is 0.360. The molecule has 0 saturated carbocycles. The Morgan fingerprint density at radius 2 is 1.71 bits per heavy atom. The summed E-state index contributed by atoms with van der Waals surface area (Å²) in [5, 5.41) is 2.81. The number of amides is 1. The lowest BCUT2D eigenvalue weighted by atomic mass is 10.1. The number of carbonyl (C=O) groups is 1. The number of piperazine rings is 1. The molecule has 1 N–H and O–H groups in total. The van der Waals surface area contributed by atoms with Gasteiger partial charge in [0.25, 0.3) is 5.91 Å². The van der Waals surface area contributed by atoms with Crippen LogP contribution in [0.5, 0.6) is 17.5 Å². The fourth-order valence-corrected chi connectivity index (χ4v) is 3.90. The first-order valence-electron chi connectivity index (χ1n) is 11.8. The lowest BCUT2D eigenvalue weighted by Gasteiger charge is -2.35. The standard InChI is InChI=1S/C25H27F3N6O4/c1-4-38-24-31-22(29-18-7-5-6-17(15-18)25(26,27)28)30-23(32-24)34-12-10-33(11-13-34)21(35)16-8-9-19(36-2)20(14-16)37-3/h5-9,14-15H,4,10-13H2,1-3H3,(H,29,30,31,32). The smallest absolute Gasteiger partial charge is 0.416 e. The summed E-state index contributed by atoms with van der Waals surface area (Å²) in [6.07, 6.45) is -4.48. The van der Waals surface area contributed by atoms with E-state index in [1.807, 2.05) is 4.90 Å². The highest BCUT2D eigenvalue weighted by Gasteiger charge is 2.30. The summed E-state index contributed by atoms with van der Waals surface area (Å²) < 4.78 is 55.3. The van der Waals surface area contributed by atoms with Gasteiger partial charge in [0.1, 0.15) is 0 Å². The van der Waals surface area contributed by atoms with Crippen molar-refractivity contribution in [2.75, 3.05) is 57.2 Å². The number of rotatable bonds is 8. The molecule has 1 saturated heterocycles. The number of nitrogens with one attached hydrogen (secondary N) is 1. The largest absolute Gasteiger partial charge is 0.493 e. The second-order valence-electron chi connectivity index (χ2n) is 8.23. The molecule has 1 aliphatic heterocycles. The first kappa shape index (κ1) is 26.8. The zero-order valence-corrected chi connectivity index (χ0v) is 21.1. The number of hydrogen-bond donors (Lipinski definition) is 1. The van der Waals surface area contributed by atoms with Gasteiger partial charge in [-0.3, -0.25) is 4.79 Å². The van der Waals surface area contributed by atoms with Crippen LogP contribution in [0.3, 0.4) is 0 Å². The van der Waals surface area contributed by atoms with Gasteiger partial charge in [0.2, 0.25) is 11.9 Å².